The third kappa shape index (κ3) is 4.67. The van der Waals surface area contributed by atoms with Crippen LogP contribution < -0.4 is 10.9 Å². The van der Waals surface area contributed by atoms with Gasteiger partial charge in [-0.3, -0.25) is 9.59 Å². The van der Waals surface area contributed by atoms with Crippen molar-refractivity contribution in [2.45, 2.75) is 57.6 Å². The Kier molecular flexibility index (Phi) is 5.12. The Labute approximate surface area is 124 Å². The van der Waals surface area contributed by atoms with Crippen LogP contribution in [0.3, 0.4) is 0 Å². The Morgan fingerprint density at radius 3 is 2.67 bits per heavy atom. The van der Waals surface area contributed by atoms with Crippen molar-refractivity contribution in [2.24, 2.45) is 0 Å². The van der Waals surface area contributed by atoms with Gasteiger partial charge in [0.1, 0.15) is 6.54 Å². The fourth-order valence-electron chi connectivity index (χ4n) is 2.68. The third-order valence-corrected chi connectivity index (χ3v) is 3.94. The van der Waals surface area contributed by atoms with E-state index in [9.17, 15) is 14.7 Å². The molecule has 1 fully saturated rings. The molecule has 1 aliphatic rings. The molecule has 0 aromatic carbocycles. The molecule has 1 aliphatic carbocycles. The minimum atomic E-state index is -0.808. The van der Waals surface area contributed by atoms with E-state index in [1.54, 1.807) is 13.0 Å². The average molecular weight is 293 g/mol. The van der Waals surface area contributed by atoms with Crippen molar-refractivity contribution in [3.8, 4) is 0 Å². The molecule has 1 heterocycles. The van der Waals surface area contributed by atoms with E-state index in [-0.39, 0.29) is 24.6 Å². The number of carbonyl (C=O) groups is 1. The fraction of sp³-hybridized carbons (Fsp3) is 0.667. The molecule has 1 aromatic heterocycles. The molecule has 0 saturated heterocycles. The van der Waals surface area contributed by atoms with E-state index < -0.39 is 5.60 Å². The molecule has 0 unspecified atom stereocenters. The largest absolute Gasteiger partial charge is 0.388 e. The van der Waals surface area contributed by atoms with Crippen LogP contribution in [0.5, 0.6) is 0 Å². The van der Waals surface area contributed by atoms with Gasteiger partial charge in [0.15, 0.2) is 0 Å². The van der Waals surface area contributed by atoms with E-state index in [2.05, 4.69) is 10.4 Å². The number of carbonyl (C=O) groups excluding carboxylic acids is 1. The van der Waals surface area contributed by atoms with Gasteiger partial charge in [-0.15, -0.1) is 0 Å². The molecule has 0 atom stereocenters. The van der Waals surface area contributed by atoms with Crippen LogP contribution in [0.15, 0.2) is 16.9 Å². The molecule has 0 bridgehead atoms. The van der Waals surface area contributed by atoms with Gasteiger partial charge < -0.3 is 10.4 Å². The summed E-state index contributed by atoms with van der Waals surface area (Å²) in [6.07, 6.45) is 5.69. The van der Waals surface area contributed by atoms with Gasteiger partial charge in [-0.2, -0.15) is 5.10 Å². The molecule has 0 aliphatic heterocycles. The standard InChI is InChI=1S/C15H23N3O3/c1-12-6-7-14(20)18(17-12)10-13(19)16-11-15(21)8-4-2-3-5-9-15/h6-7,21H,2-5,8-11H2,1H3,(H,16,19). The monoisotopic (exact) mass is 293 g/mol. The minimum Gasteiger partial charge on any atom is -0.388 e. The number of rotatable bonds is 4. The van der Waals surface area contributed by atoms with Crippen molar-refractivity contribution >= 4 is 5.91 Å². The summed E-state index contributed by atoms with van der Waals surface area (Å²) in [5.74, 6) is -0.298. The average Bonchev–Trinajstić information content (AvgIpc) is 2.66. The lowest BCUT2D eigenvalue weighted by molar-refractivity contribution is -0.123. The zero-order chi connectivity index (χ0) is 15.3. The van der Waals surface area contributed by atoms with E-state index in [1.165, 1.54) is 6.07 Å². The van der Waals surface area contributed by atoms with Gasteiger partial charge in [-0.25, -0.2) is 4.68 Å². The lowest BCUT2D eigenvalue weighted by atomic mass is 9.94. The van der Waals surface area contributed by atoms with Gasteiger partial charge in [0.25, 0.3) is 5.56 Å². The molecular weight excluding hydrogens is 270 g/mol. The first-order chi connectivity index (χ1) is 9.98. The van der Waals surface area contributed by atoms with Crippen LogP contribution in [0.1, 0.15) is 44.2 Å². The number of amides is 1. The molecule has 2 N–H and O–H groups in total. The van der Waals surface area contributed by atoms with E-state index in [0.29, 0.717) is 5.69 Å². The van der Waals surface area contributed by atoms with Crippen LogP contribution in [0.25, 0.3) is 0 Å². The second kappa shape index (κ2) is 6.85. The van der Waals surface area contributed by atoms with Crippen molar-refractivity contribution in [1.29, 1.82) is 0 Å². The molecule has 1 amide bonds. The summed E-state index contributed by atoms with van der Waals surface area (Å²) >= 11 is 0. The number of nitrogens with one attached hydrogen (secondary N) is 1. The molecule has 1 aromatic rings. The first kappa shape index (κ1) is 15.7. The first-order valence-electron chi connectivity index (χ1n) is 7.52. The molecule has 21 heavy (non-hydrogen) atoms. The summed E-state index contributed by atoms with van der Waals surface area (Å²) in [4.78, 5) is 23.5. The van der Waals surface area contributed by atoms with Crippen LogP contribution in [-0.2, 0) is 11.3 Å². The SMILES string of the molecule is Cc1ccc(=O)n(CC(=O)NCC2(O)CCCCCC2)n1. The second-order valence-corrected chi connectivity index (χ2v) is 5.89. The molecule has 6 nitrogen and oxygen atoms in total. The highest BCUT2D eigenvalue weighted by molar-refractivity contribution is 5.75. The predicted molar refractivity (Wildman–Crippen MR) is 78.9 cm³/mol. The van der Waals surface area contributed by atoms with Crippen LogP contribution in [-0.4, -0.2) is 32.9 Å². The van der Waals surface area contributed by atoms with Gasteiger partial charge in [0.05, 0.1) is 11.3 Å². The molecule has 1 saturated carbocycles. The van der Waals surface area contributed by atoms with Crippen molar-refractivity contribution in [3.63, 3.8) is 0 Å². The van der Waals surface area contributed by atoms with Crippen molar-refractivity contribution in [1.82, 2.24) is 15.1 Å². The Morgan fingerprint density at radius 1 is 1.33 bits per heavy atom. The topological polar surface area (TPSA) is 84.2 Å². The van der Waals surface area contributed by atoms with Gasteiger partial charge in [-0.05, 0) is 25.8 Å². The normalized spacial score (nSPS) is 18.0. The maximum Gasteiger partial charge on any atom is 0.267 e. The Bertz CT molecular complexity index is 545. The van der Waals surface area contributed by atoms with Gasteiger partial charge in [0, 0.05) is 12.6 Å². The highest BCUT2D eigenvalue weighted by atomic mass is 16.3. The highest BCUT2D eigenvalue weighted by Crippen LogP contribution is 2.26. The predicted octanol–water partition coefficient (Wildman–Crippen LogP) is 0.753. The van der Waals surface area contributed by atoms with Crippen molar-refractivity contribution < 1.29 is 9.90 Å². The van der Waals surface area contributed by atoms with E-state index in [1.807, 2.05) is 0 Å². The summed E-state index contributed by atoms with van der Waals surface area (Å²) in [5.41, 5.74) is -0.425. The van der Waals surface area contributed by atoms with Gasteiger partial charge in [0.2, 0.25) is 5.91 Å². The van der Waals surface area contributed by atoms with E-state index in [0.717, 1.165) is 43.2 Å². The van der Waals surface area contributed by atoms with Crippen molar-refractivity contribution in [3.05, 3.63) is 28.2 Å². The number of aryl methyl sites for hydroxylation is 1. The molecule has 0 radical (unpaired) electrons. The summed E-state index contributed by atoms with van der Waals surface area (Å²) in [7, 11) is 0. The highest BCUT2D eigenvalue weighted by Gasteiger charge is 2.28. The second-order valence-electron chi connectivity index (χ2n) is 5.89. The first-order valence-corrected chi connectivity index (χ1v) is 7.52. The Hall–Kier alpha value is -1.69. The molecule has 116 valence electrons. The molecule has 2 rings (SSSR count). The molecular formula is C15H23N3O3. The smallest absolute Gasteiger partial charge is 0.267 e. The van der Waals surface area contributed by atoms with Crippen molar-refractivity contribution in [2.75, 3.05) is 6.54 Å². The number of hydrogen-bond donors (Lipinski definition) is 2. The maximum absolute atomic E-state index is 11.9. The zero-order valence-corrected chi connectivity index (χ0v) is 12.5. The number of nitrogens with zero attached hydrogens (tertiary/aromatic N) is 2. The fourth-order valence-corrected chi connectivity index (χ4v) is 2.68. The van der Waals surface area contributed by atoms with Gasteiger partial charge >= 0.3 is 0 Å². The summed E-state index contributed by atoms with van der Waals surface area (Å²) in [6.45, 7) is 1.89. The Morgan fingerprint density at radius 2 is 2.00 bits per heavy atom. The van der Waals surface area contributed by atoms with Crippen LogP contribution in [0.2, 0.25) is 0 Å². The lowest BCUT2D eigenvalue weighted by Crippen LogP contribution is -2.44. The number of aromatic nitrogens is 2. The number of hydrogen-bond acceptors (Lipinski definition) is 4. The number of aliphatic hydroxyl groups is 1. The maximum atomic E-state index is 11.9. The van der Waals surface area contributed by atoms with E-state index >= 15 is 0 Å². The molecule has 0 spiro atoms. The summed E-state index contributed by atoms with van der Waals surface area (Å²) in [6, 6.07) is 3.01. The third-order valence-electron chi connectivity index (χ3n) is 3.94. The Balaban J connectivity index is 1.89. The van der Waals surface area contributed by atoms with Crippen LogP contribution >= 0.6 is 0 Å². The minimum absolute atomic E-state index is 0.114. The molecule has 6 heteroatoms. The zero-order valence-electron chi connectivity index (χ0n) is 12.5. The van der Waals surface area contributed by atoms with Crippen LogP contribution in [0.4, 0.5) is 0 Å². The van der Waals surface area contributed by atoms with E-state index in [4.69, 9.17) is 0 Å². The lowest BCUT2D eigenvalue weighted by Gasteiger charge is -2.26. The quantitative estimate of drug-likeness (QED) is 0.803. The van der Waals surface area contributed by atoms with Gasteiger partial charge in [-0.1, -0.05) is 25.7 Å². The summed E-state index contributed by atoms with van der Waals surface area (Å²) < 4.78 is 1.14. The van der Waals surface area contributed by atoms with Crippen LogP contribution in [0, 0.1) is 6.92 Å². The summed E-state index contributed by atoms with van der Waals surface area (Å²) in [5, 5.41) is 17.2.